The maximum Gasteiger partial charge on any atom is 0.411 e. The van der Waals surface area contributed by atoms with E-state index in [1.165, 1.54) is 0 Å². The Balaban J connectivity index is 2.36. The number of rotatable bonds is 6. The van der Waals surface area contributed by atoms with Gasteiger partial charge in [0.15, 0.2) is 0 Å². The minimum atomic E-state index is -4.28. The highest BCUT2D eigenvalue weighted by molar-refractivity contribution is 5.23. The van der Waals surface area contributed by atoms with Crippen molar-refractivity contribution in [3.8, 4) is 0 Å². The zero-order valence-electron chi connectivity index (χ0n) is 10.4. The van der Waals surface area contributed by atoms with E-state index in [4.69, 9.17) is 5.11 Å². The van der Waals surface area contributed by atoms with E-state index in [-0.39, 0.29) is 13.2 Å². The number of ether oxygens (including phenoxy) is 1. The van der Waals surface area contributed by atoms with Gasteiger partial charge in [-0.15, -0.1) is 0 Å². The third-order valence-electron chi connectivity index (χ3n) is 2.61. The van der Waals surface area contributed by atoms with Gasteiger partial charge in [-0.2, -0.15) is 18.3 Å². The van der Waals surface area contributed by atoms with Crippen LogP contribution >= 0.6 is 0 Å². The number of nitrogens with zero attached hydrogens (tertiary/aromatic N) is 2. The highest BCUT2D eigenvalue weighted by atomic mass is 19.4. The van der Waals surface area contributed by atoms with E-state index in [1.807, 2.05) is 6.92 Å². The Morgan fingerprint density at radius 3 is 2.50 bits per heavy atom. The summed E-state index contributed by atoms with van der Waals surface area (Å²) < 4.78 is 41.6. The molecule has 0 spiro atoms. The van der Waals surface area contributed by atoms with Gasteiger partial charge in [-0.3, -0.25) is 4.68 Å². The first-order chi connectivity index (χ1) is 8.35. The van der Waals surface area contributed by atoms with Crippen LogP contribution in [-0.4, -0.2) is 34.3 Å². The molecule has 1 N–H and O–H groups in total. The predicted octanol–water partition coefficient (Wildman–Crippen LogP) is 1.96. The molecule has 0 saturated heterocycles. The topological polar surface area (TPSA) is 47.3 Å². The lowest BCUT2D eigenvalue weighted by Crippen LogP contribution is -2.18. The van der Waals surface area contributed by atoms with Crippen LogP contribution in [0.1, 0.15) is 23.4 Å². The van der Waals surface area contributed by atoms with Crippen LogP contribution in [-0.2, 0) is 17.9 Å². The molecule has 0 aromatic carbocycles. The van der Waals surface area contributed by atoms with Crippen molar-refractivity contribution in [2.45, 2.75) is 39.6 Å². The zero-order valence-corrected chi connectivity index (χ0v) is 10.4. The van der Waals surface area contributed by atoms with E-state index >= 15 is 0 Å². The number of halogens is 3. The van der Waals surface area contributed by atoms with Gasteiger partial charge >= 0.3 is 6.18 Å². The number of aliphatic hydroxyl groups excluding tert-OH is 1. The maximum absolute atomic E-state index is 11.8. The number of hydrogen-bond acceptors (Lipinski definition) is 3. The average Bonchev–Trinajstić information content (AvgIpc) is 2.52. The molecule has 0 unspecified atom stereocenters. The van der Waals surface area contributed by atoms with Crippen molar-refractivity contribution in [1.82, 2.24) is 9.78 Å². The summed E-state index contributed by atoms with van der Waals surface area (Å²) in [7, 11) is 0. The molecule has 1 heterocycles. The van der Waals surface area contributed by atoms with Gasteiger partial charge in [0.25, 0.3) is 0 Å². The van der Waals surface area contributed by atoms with Crippen molar-refractivity contribution in [2.75, 3.05) is 13.2 Å². The largest absolute Gasteiger partial charge is 0.411 e. The van der Waals surface area contributed by atoms with E-state index in [0.29, 0.717) is 13.0 Å². The maximum atomic E-state index is 11.8. The summed E-state index contributed by atoms with van der Waals surface area (Å²) in [6.07, 6.45) is -3.83. The Morgan fingerprint density at radius 1 is 1.33 bits per heavy atom. The first-order valence-corrected chi connectivity index (χ1v) is 5.63. The second kappa shape index (κ2) is 6.19. The second-order valence-electron chi connectivity index (χ2n) is 4.05. The molecular weight excluding hydrogens is 249 g/mol. The van der Waals surface area contributed by atoms with E-state index < -0.39 is 12.8 Å². The molecule has 0 radical (unpaired) electrons. The first kappa shape index (κ1) is 15.0. The van der Waals surface area contributed by atoms with Crippen LogP contribution in [0.5, 0.6) is 0 Å². The van der Waals surface area contributed by atoms with Crippen molar-refractivity contribution in [2.24, 2.45) is 0 Å². The summed E-state index contributed by atoms with van der Waals surface area (Å²) >= 11 is 0. The van der Waals surface area contributed by atoms with Gasteiger partial charge in [0.2, 0.25) is 0 Å². The molecule has 1 aromatic heterocycles. The third-order valence-corrected chi connectivity index (χ3v) is 2.61. The van der Waals surface area contributed by atoms with Crippen molar-refractivity contribution >= 4 is 0 Å². The van der Waals surface area contributed by atoms with Gasteiger partial charge in [0, 0.05) is 24.4 Å². The van der Waals surface area contributed by atoms with Crippen LogP contribution in [0.15, 0.2) is 0 Å². The normalized spacial score (nSPS) is 12.1. The molecule has 0 bridgehead atoms. The van der Waals surface area contributed by atoms with Gasteiger partial charge in [-0.1, -0.05) is 0 Å². The summed E-state index contributed by atoms with van der Waals surface area (Å²) in [5.41, 5.74) is 2.35. The number of aliphatic hydroxyl groups is 1. The summed E-state index contributed by atoms with van der Waals surface area (Å²) in [5, 5.41) is 13.3. The van der Waals surface area contributed by atoms with Crippen LogP contribution in [0.25, 0.3) is 0 Å². The molecule has 0 amide bonds. The van der Waals surface area contributed by atoms with Crippen LogP contribution in [0.2, 0.25) is 0 Å². The van der Waals surface area contributed by atoms with E-state index in [9.17, 15) is 13.2 Å². The monoisotopic (exact) mass is 266 g/mol. The molecule has 1 aromatic rings. The summed E-state index contributed by atoms with van der Waals surface area (Å²) in [5.74, 6) is 0. The molecular formula is C11H17F3N2O2. The number of alkyl halides is 3. The smallest absolute Gasteiger partial charge is 0.392 e. The lowest BCUT2D eigenvalue weighted by Gasteiger charge is -2.08. The molecule has 0 atom stereocenters. The van der Waals surface area contributed by atoms with E-state index in [0.717, 1.165) is 17.0 Å². The van der Waals surface area contributed by atoms with Gasteiger partial charge in [0.05, 0.1) is 12.3 Å². The Labute approximate surface area is 103 Å². The summed E-state index contributed by atoms with van der Waals surface area (Å²) in [6.45, 7) is 2.82. The molecule has 0 aliphatic heterocycles. The number of aromatic nitrogens is 2. The van der Waals surface area contributed by atoms with Gasteiger partial charge in [-0.05, 0) is 20.3 Å². The lowest BCUT2D eigenvalue weighted by molar-refractivity contribution is -0.174. The summed E-state index contributed by atoms with van der Waals surface area (Å²) in [4.78, 5) is 0. The van der Waals surface area contributed by atoms with Crippen LogP contribution < -0.4 is 0 Å². The van der Waals surface area contributed by atoms with Gasteiger partial charge in [-0.25, -0.2) is 0 Å². The molecule has 0 saturated carbocycles. The lowest BCUT2D eigenvalue weighted by atomic mass is 10.2. The Bertz CT molecular complexity index is 388. The fraction of sp³-hybridized carbons (Fsp3) is 0.727. The van der Waals surface area contributed by atoms with Crippen LogP contribution in [0.4, 0.5) is 13.2 Å². The highest BCUT2D eigenvalue weighted by Crippen LogP contribution is 2.15. The van der Waals surface area contributed by atoms with Crippen molar-refractivity contribution in [3.63, 3.8) is 0 Å². The molecule has 0 fully saturated rings. The third kappa shape index (κ3) is 4.30. The highest BCUT2D eigenvalue weighted by Gasteiger charge is 2.27. The number of hydrogen-bond donors (Lipinski definition) is 1. The fourth-order valence-corrected chi connectivity index (χ4v) is 1.68. The minimum absolute atomic E-state index is 0.0340. The molecule has 104 valence electrons. The van der Waals surface area contributed by atoms with Gasteiger partial charge in [0.1, 0.15) is 6.61 Å². The Kier molecular flexibility index (Phi) is 5.15. The molecule has 1 rings (SSSR count). The SMILES string of the molecule is Cc1nn(CCCOCC(F)(F)F)c(C)c1CO. The Hall–Kier alpha value is -1.08. The van der Waals surface area contributed by atoms with Crippen LogP contribution in [0, 0.1) is 13.8 Å². The average molecular weight is 266 g/mol. The molecule has 18 heavy (non-hydrogen) atoms. The van der Waals surface area contributed by atoms with Crippen molar-refractivity contribution in [3.05, 3.63) is 17.0 Å². The predicted molar refractivity (Wildman–Crippen MR) is 59.1 cm³/mol. The fourth-order valence-electron chi connectivity index (χ4n) is 1.68. The van der Waals surface area contributed by atoms with Gasteiger partial charge < -0.3 is 9.84 Å². The van der Waals surface area contributed by atoms with Crippen LogP contribution in [0.3, 0.4) is 0 Å². The minimum Gasteiger partial charge on any atom is -0.392 e. The molecule has 4 nitrogen and oxygen atoms in total. The summed E-state index contributed by atoms with van der Waals surface area (Å²) in [6, 6.07) is 0. The molecule has 0 aliphatic carbocycles. The van der Waals surface area contributed by atoms with Crippen molar-refractivity contribution in [1.29, 1.82) is 0 Å². The standard InChI is InChI=1S/C11H17F3N2O2/c1-8-10(6-17)9(2)16(15-8)4-3-5-18-7-11(12,13)14/h17H,3-7H2,1-2H3. The first-order valence-electron chi connectivity index (χ1n) is 5.63. The molecule has 7 heteroatoms. The van der Waals surface area contributed by atoms with Crippen molar-refractivity contribution < 1.29 is 23.0 Å². The van der Waals surface area contributed by atoms with E-state index in [2.05, 4.69) is 9.84 Å². The zero-order chi connectivity index (χ0) is 13.8. The molecule has 0 aliphatic rings. The second-order valence-corrected chi connectivity index (χ2v) is 4.05. The number of aryl methyl sites for hydroxylation is 2. The Morgan fingerprint density at radius 2 is 2.00 bits per heavy atom. The quantitative estimate of drug-likeness (QED) is 0.801. The van der Waals surface area contributed by atoms with E-state index in [1.54, 1.807) is 11.6 Å².